The van der Waals surface area contributed by atoms with E-state index < -0.39 is 5.41 Å². The Morgan fingerprint density at radius 3 is 2.48 bits per heavy atom. The van der Waals surface area contributed by atoms with Crippen LogP contribution in [0.5, 0.6) is 0 Å². The zero-order valence-corrected chi connectivity index (χ0v) is 13.3. The summed E-state index contributed by atoms with van der Waals surface area (Å²) in [5, 5.41) is 0.734. The molecule has 0 amide bonds. The number of rotatable bonds is 4. The van der Waals surface area contributed by atoms with Crippen LogP contribution in [-0.4, -0.2) is 11.0 Å². The number of carbonyl (C=O) groups is 1. The van der Waals surface area contributed by atoms with Crippen LogP contribution < -0.4 is 0 Å². The maximum Gasteiger partial charge on any atom is 0.316 e. The van der Waals surface area contributed by atoms with Gasteiger partial charge in [-0.2, -0.15) is 0 Å². The Bertz CT molecular complexity index is 642. The number of benzene rings is 1. The van der Waals surface area contributed by atoms with Crippen LogP contribution in [0.4, 0.5) is 0 Å². The molecule has 1 aromatic carbocycles. The molecule has 0 atom stereocenters. The summed E-state index contributed by atoms with van der Waals surface area (Å²) in [7, 11) is 0. The minimum Gasteiger partial charge on any atom is -0.458 e. The molecule has 110 valence electrons. The third kappa shape index (κ3) is 3.74. The highest BCUT2D eigenvalue weighted by atomic mass is 35.5. The summed E-state index contributed by atoms with van der Waals surface area (Å²) in [5.41, 5.74) is 0.591. The van der Waals surface area contributed by atoms with Crippen molar-refractivity contribution in [3.05, 3.63) is 63.9 Å². The molecule has 21 heavy (non-hydrogen) atoms. The van der Waals surface area contributed by atoms with E-state index in [0.717, 1.165) is 5.56 Å². The van der Waals surface area contributed by atoms with E-state index in [1.54, 1.807) is 12.1 Å². The van der Waals surface area contributed by atoms with Crippen LogP contribution in [0, 0.1) is 0 Å². The van der Waals surface area contributed by atoms with E-state index in [0.29, 0.717) is 15.9 Å². The third-order valence-corrected chi connectivity index (χ3v) is 3.79. The Kier molecular flexibility index (Phi) is 4.86. The van der Waals surface area contributed by atoms with Crippen LogP contribution in [-0.2, 0) is 21.6 Å². The van der Waals surface area contributed by atoms with Gasteiger partial charge < -0.3 is 4.74 Å². The zero-order valence-electron chi connectivity index (χ0n) is 11.8. The standard InChI is InChI=1S/C16H15Cl2NO2/c1-16(2,11-6-4-3-5-7-11)15(20)21-10-13-12(17)8-9-14(18)19-13/h3-9H,10H2,1-2H3. The lowest BCUT2D eigenvalue weighted by molar-refractivity contribution is -0.150. The van der Waals surface area contributed by atoms with E-state index in [-0.39, 0.29) is 12.6 Å². The highest BCUT2D eigenvalue weighted by molar-refractivity contribution is 6.32. The highest BCUT2D eigenvalue weighted by Gasteiger charge is 2.31. The van der Waals surface area contributed by atoms with Gasteiger partial charge in [-0.15, -0.1) is 0 Å². The Hall–Kier alpha value is -1.58. The van der Waals surface area contributed by atoms with Crippen molar-refractivity contribution in [3.8, 4) is 0 Å². The number of pyridine rings is 1. The molecule has 0 N–H and O–H groups in total. The first-order valence-corrected chi connectivity index (χ1v) is 7.20. The molecule has 0 unspecified atom stereocenters. The van der Waals surface area contributed by atoms with E-state index >= 15 is 0 Å². The summed E-state index contributed by atoms with van der Waals surface area (Å²) in [6.45, 7) is 3.63. The lowest BCUT2D eigenvalue weighted by atomic mass is 9.85. The van der Waals surface area contributed by atoms with Crippen molar-refractivity contribution >= 4 is 29.2 Å². The average molecular weight is 324 g/mol. The quantitative estimate of drug-likeness (QED) is 0.618. The number of nitrogens with zero attached hydrogens (tertiary/aromatic N) is 1. The van der Waals surface area contributed by atoms with E-state index in [1.165, 1.54) is 0 Å². The predicted molar refractivity (Wildman–Crippen MR) is 83.5 cm³/mol. The molecule has 0 spiro atoms. The number of hydrogen-bond acceptors (Lipinski definition) is 3. The molecule has 0 saturated carbocycles. The van der Waals surface area contributed by atoms with Gasteiger partial charge in [0.1, 0.15) is 11.8 Å². The van der Waals surface area contributed by atoms with Gasteiger partial charge in [0.05, 0.1) is 16.1 Å². The Morgan fingerprint density at radius 1 is 1.14 bits per heavy atom. The van der Waals surface area contributed by atoms with Gasteiger partial charge in [-0.05, 0) is 31.5 Å². The summed E-state index contributed by atoms with van der Waals surface area (Å²) in [4.78, 5) is 16.4. The smallest absolute Gasteiger partial charge is 0.316 e. The van der Waals surface area contributed by atoms with Gasteiger partial charge >= 0.3 is 5.97 Å². The molecule has 0 radical (unpaired) electrons. The molecule has 0 saturated heterocycles. The predicted octanol–water partition coefficient (Wildman–Crippen LogP) is 4.41. The van der Waals surface area contributed by atoms with Gasteiger partial charge in [-0.1, -0.05) is 53.5 Å². The van der Waals surface area contributed by atoms with Crippen LogP contribution in [0.25, 0.3) is 0 Å². The van der Waals surface area contributed by atoms with Gasteiger partial charge in [0, 0.05) is 0 Å². The molecule has 3 nitrogen and oxygen atoms in total. The van der Waals surface area contributed by atoms with E-state index in [4.69, 9.17) is 27.9 Å². The molecule has 5 heteroatoms. The van der Waals surface area contributed by atoms with Crippen LogP contribution in [0.15, 0.2) is 42.5 Å². The van der Waals surface area contributed by atoms with Crippen molar-refractivity contribution in [2.24, 2.45) is 0 Å². The minimum absolute atomic E-state index is 0.00547. The van der Waals surface area contributed by atoms with Crippen molar-refractivity contribution in [3.63, 3.8) is 0 Å². The van der Waals surface area contributed by atoms with Crippen molar-refractivity contribution in [2.45, 2.75) is 25.9 Å². The van der Waals surface area contributed by atoms with Crippen molar-refractivity contribution in [1.29, 1.82) is 0 Å². The molecule has 2 aromatic rings. The summed E-state index contributed by atoms with van der Waals surface area (Å²) in [6, 6.07) is 12.7. The molecule has 0 aliphatic carbocycles. The molecule has 0 aliphatic rings. The fourth-order valence-corrected chi connectivity index (χ4v) is 2.17. The first-order valence-electron chi connectivity index (χ1n) is 6.45. The third-order valence-electron chi connectivity index (χ3n) is 3.23. The topological polar surface area (TPSA) is 39.2 Å². The van der Waals surface area contributed by atoms with Crippen LogP contribution >= 0.6 is 23.2 Å². The number of halogens is 2. The normalized spacial score (nSPS) is 11.2. The highest BCUT2D eigenvalue weighted by Crippen LogP contribution is 2.25. The zero-order chi connectivity index (χ0) is 15.5. The second kappa shape index (κ2) is 6.46. The SMILES string of the molecule is CC(C)(C(=O)OCc1nc(Cl)ccc1Cl)c1ccccc1. The summed E-state index contributed by atoms with van der Waals surface area (Å²) < 4.78 is 5.34. The second-order valence-electron chi connectivity index (χ2n) is 5.13. The maximum absolute atomic E-state index is 12.3. The molecule has 0 fully saturated rings. The molecule has 1 heterocycles. The number of hydrogen-bond donors (Lipinski definition) is 0. The van der Waals surface area contributed by atoms with Crippen molar-refractivity contribution < 1.29 is 9.53 Å². The largest absolute Gasteiger partial charge is 0.458 e. The molecule has 2 rings (SSSR count). The molecular formula is C16H15Cl2NO2. The Balaban J connectivity index is 2.09. The van der Waals surface area contributed by atoms with Gasteiger partial charge in [0.2, 0.25) is 0 Å². The average Bonchev–Trinajstić information content (AvgIpc) is 2.48. The molecular weight excluding hydrogens is 309 g/mol. The molecule has 0 aliphatic heterocycles. The Labute approximate surface area is 133 Å². The van der Waals surface area contributed by atoms with E-state index in [1.807, 2.05) is 44.2 Å². The summed E-state index contributed by atoms with van der Waals surface area (Å²) >= 11 is 11.8. The van der Waals surface area contributed by atoms with Crippen LogP contribution in [0.1, 0.15) is 25.1 Å². The fraction of sp³-hybridized carbons (Fsp3) is 0.250. The lowest BCUT2D eigenvalue weighted by Gasteiger charge is -2.23. The van der Waals surface area contributed by atoms with Gasteiger partial charge in [0.25, 0.3) is 0 Å². The van der Waals surface area contributed by atoms with Crippen molar-refractivity contribution in [2.75, 3.05) is 0 Å². The van der Waals surface area contributed by atoms with Gasteiger partial charge in [0.15, 0.2) is 0 Å². The number of aromatic nitrogens is 1. The first-order chi connectivity index (χ1) is 9.91. The molecule has 0 bridgehead atoms. The monoisotopic (exact) mass is 323 g/mol. The maximum atomic E-state index is 12.3. The minimum atomic E-state index is -0.744. The fourth-order valence-electron chi connectivity index (χ4n) is 1.85. The number of carbonyl (C=O) groups excluding carboxylic acids is 1. The summed E-state index contributed by atoms with van der Waals surface area (Å²) in [5.74, 6) is -0.341. The van der Waals surface area contributed by atoms with Crippen LogP contribution in [0.2, 0.25) is 10.2 Å². The van der Waals surface area contributed by atoms with E-state index in [2.05, 4.69) is 4.98 Å². The Morgan fingerprint density at radius 2 is 1.81 bits per heavy atom. The first kappa shape index (κ1) is 15.8. The van der Waals surface area contributed by atoms with Gasteiger partial charge in [-0.3, -0.25) is 4.79 Å². The van der Waals surface area contributed by atoms with E-state index in [9.17, 15) is 4.79 Å². The lowest BCUT2D eigenvalue weighted by Crippen LogP contribution is -2.31. The van der Waals surface area contributed by atoms with Crippen LogP contribution in [0.3, 0.4) is 0 Å². The van der Waals surface area contributed by atoms with Crippen molar-refractivity contribution in [1.82, 2.24) is 4.98 Å². The molecule has 1 aromatic heterocycles. The summed E-state index contributed by atoms with van der Waals surface area (Å²) in [6.07, 6.45) is 0. The number of esters is 1. The number of ether oxygens (including phenoxy) is 1. The van der Waals surface area contributed by atoms with Gasteiger partial charge in [-0.25, -0.2) is 4.98 Å². The second-order valence-corrected chi connectivity index (χ2v) is 5.92.